The molecule has 0 aliphatic carbocycles. The Hall–Kier alpha value is -0.900. The van der Waals surface area contributed by atoms with Gasteiger partial charge in [0.05, 0.1) is 0 Å². The fraction of sp³-hybridized carbons (Fsp3) is 0.714. The van der Waals surface area contributed by atoms with Gasteiger partial charge in [-0.1, -0.05) is 0 Å². The highest BCUT2D eigenvalue weighted by Crippen LogP contribution is 1.99. The van der Waals surface area contributed by atoms with E-state index in [0.717, 1.165) is 24.5 Å². The standard InChI is InChI=1S/C7H14N4/c1-6-9-10-7(11(6)2)4-3-5-8/h3-5,8H2,1-2H3. The van der Waals surface area contributed by atoms with E-state index in [9.17, 15) is 0 Å². The lowest BCUT2D eigenvalue weighted by atomic mass is 10.3. The molecule has 4 heteroatoms. The Morgan fingerprint density at radius 2 is 2.18 bits per heavy atom. The average molecular weight is 154 g/mol. The zero-order valence-corrected chi connectivity index (χ0v) is 7.04. The molecule has 0 aliphatic heterocycles. The van der Waals surface area contributed by atoms with Crippen molar-refractivity contribution in [2.24, 2.45) is 12.8 Å². The van der Waals surface area contributed by atoms with Gasteiger partial charge < -0.3 is 10.3 Å². The van der Waals surface area contributed by atoms with Crippen molar-refractivity contribution in [2.75, 3.05) is 6.54 Å². The molecule has 0 unspecified atom stereocenters. The molecule has 2 N–H and O–H groups in total. The summed E-state index contributed by atoms with van der Waals surface area (Å²) in [6.45, 7) is 2.66. The van der Waals surface area contributed by atoms with Crippen LogP contribution in [0.4, 0.5) is 0 Å². The Bertz CT molecular complexity index is 228. The van der Waals surface area contributed by atoms with E-state index in [1.807, 2.05) is 18.5 Å². The molecule has 0 radical (unpaired) electrons. The van der Waals surface area contributed by atoms with E-state index in [2.05, 4.69) is 10.2 Å². The van der Waals surface area contributed by atoms with Gasteiger partial charge in [0, 0.05) is 13.5 Å². The van der Waals surface area contributed by atoms with Crippen LogP contribution in [0, 0.1) is 6.92 Å². The van der Waals surface area contributed by atoms with Crippen LogP contribution < -0.4 is 5.73 Å². The SMILES string of the molecule is Cc1nnc(CCCN)n1C. The highest BCUT2D eigenvalue weighted by molar-refractivity contribution is 4.92. The van der Waals surface area contributed by atoms with Crippen molar-refractivity contribution in [2.45, 2.75) is 19.8 Å². The summed E-state index contributed by atoms with van der Waals surface area (Å²) >= 11 is 0. The van der Waals surface area contributed by atoms with Crippen LogP contribution in [-0.4, -0.2) is 21.3 Å². The van der Waals surface area contributed by atoms with Gasteiger partial charge >= 0.3 is 0 Å². The number of nitrogens with zero attached hydrogens (tertiary/aromatic N) is 3. The van der Waals surface area contributed by atoms with Gasteiger partial charge in [0.25, 0.3) is 0 Å². The molecule has 11 heavy (non-hydrogen) atoms. The Morgan fingerprint density at radius 1 is 1.45 bits per heavy atom. The number of aryl methyl sites for hydroxylation is 2. The minimum atomic E-state index is 0.714. The van der Waals surface area contributed by atoms with Gasteiger partial charge in [0.1, 0.15) is 11.6 Å². The lowest BCUT2D eigenvalue weighted by Gasteiger charge is -1.98. The second kappa shape index (κ2) is 3.48. The van der Waals surface area contributed by atoms with E-state index in [4.69, 9.17) is 5.73 Å². The molecule has 0 aromatic carbocycles. The molecule has 0 bridgehead atoms. The van der Waals surface area contributed by atoms with Gasteiger partial charge in [0.15, 0.2) is 0 Å². The third-order valence-electron chi connectivity index (χ3n) is 1.79. The monoisotopic (exact) mass is 154 g/mol. The van der Waals surface area contributed by atoms with E-state index in [-0.39, 0.29) is 0 Å². The molecule has 0 aliphatic rings. The van der Waals surface area contributed by atoms with Crippen molar-refractivity contribution in [1.82, 2.24) is 14.8 Å². The number of nitrogens with two attached hydrogens (primary N) is 1. The molecule has 0 amide bonds. The minimum absolute atomic E-state index is 0.714. The summed E-state index contributed by atoms with van der Waals surface area (Å²) in [5.41, 5.74) is 5.38. The second-order valence-electron chi connectivity index (χ2n) is 2.61. The van der Waals surface area contributed by atoms with Crippen molar-refractivity contribution in [3.63, 3.8) is 0 Å². The van der Waals surface area contributed by atoms with E-state index >= 15 is 0 Å². The Kier molecular flexibility index (Phi) is 2.59. The summed E-state index contributed by atoms with van der Waals surface area (Å²) < 4.78 is 2.00. The number of hydrogen-bond donors (Lipinski definition) is 1. The van der Waals surface area contributed by atoms with E-state index in [1.165, 1.54) is 0 Å². The second-order valence-corrected chi connectivity index (χ2v) is 2.61. The maximum absolute atomic E-state index is 5.38. The Balaban J connectivity index is 2.63. The molecule has 1 aromatic heterocycles. The third kappa shape index (κ3) is 1.77. The van der Waals surface area contributed by atoms with Crippen molar-refractivity contribution in [3.05, 3.63) is 11.6 Å². The predicted molar refractivity (Wildman–Crippen MR) is 43.1 cm³/mol. The summed E-state index contributed by atoms with van der Waals surface area (Å²) in [5.74, 6) is 1.98. The first-order valence-electron chi connectivity index (χ1n) is 3.80. The Morgan fingerprint density at radius 3 is 2.64 bits per heavy atom. The highest BCUT2D eigenvalue weighted by atomic mass is 15.3. The molecule has 4 nitrogen and oxygen atoms in total. The number of aromatic nitrogens is 3. The minimum Gasteiger partial charge on any atom is -0.330 e. The van der Waals surface area contributed by atoms with Crippen molar-refractivity contribution >= 4 is 0 Å². The lowest BCUT2D eigenvalue weighted by molar-refractivity contribution is 0.720. The molecule has 0 fully saturated rings. The number of hydrogen-bond acceptors (Lipinski definition) is 3. The van der Waals surface area contributed by atoms with Crippen LogP contribution in [0.25, 0.3) is 0 Å². The molecule has 1 rings (SSSR count). The molecule has 0 spiro atoms. The first-order valence-corrected chi connectivity index (χ1v) is 3.80. The van der Waals surface area contributed by atoms with Gasteiger partial charge in [-0.15, -0.1) is 10.2 Å². The predicted octanol–water partition coefficient (Wildman–Crippen LogP) is 0.0148. The van der Waals surface area contributed by atoms with Crippen LogP contribution in [0.15, 0.2) is 0 Å². The summed E-state index contributed by atoms with van der Waals surface area (Å²) in [6.07, 6.45) is 1.90. The topological polar surface area (TPSA) is 56.7 Å². The van der Waals surface area contributed by atoms with Crippen LogP contribution in [0.5, 0.6) is 0 Å². The van der Waals surface area contributed by atoms with Crippen LogP contribution >= 0.6 is 0 Å². The fourth-order valence-electron chi connectivity index (χ4n) is 0.929. The van der Waals surface area contributed by atoms with Crippen molar-refractivity contribution in [1.29, 1.82) is 0 Å². The maximum Gasteiger partial charge on any atom is 0.132 e. The van der Waals surface area contributed by atoms with E-state index in [1.54, 1.807) is 0 Å². The van der Waals surface area contributed by atoms with Crippen molar-refractivity contribution in [3.8, 4) is 0 Å². The molecule has 62 valence electrons. The van der Waals surface area contributed by atoms with Crippen LogP contribution in [0.1, 0.15) is 18.1 Å². The number of rotatable bonds is 3. The van der Waals surface area contributed by atoms with Gasteiger partial charge in [-0.3, -0.25) is 0 Å². The molecule has 0 saturated heterocycles. The van der Waals surface area contributed by atoms with Crippen molar-refractivity contribution < 1.29 is 0 Å². The van der Waals surface area contributed by atoms with Gasteiger partial charge in [0.2, 0.25) is 0 Å². The molecule has 1 heterocycles. The Labute approximate surface area is 66.4 Å². The normalized spacial score (nSPS) is 10.5. The largest absolute Gasteiger partial charge is 0.330 e. The lowest BCUT2D eigenvalue weighted by Crippen LogP contribution is -2.05. The molecule has 0 saturated carbocycles. The highest BCUT2D eigenvalue weighted by Gasteiger charge is 2.02. The summed E-state index contributed by atoms with van der Waals surface area (Å²) in [6, 6.07) is 0. The van der Waals surface area contributed by atoms with E-state index < -0.39 is 0 Å². The molecular weight excluding hydrogens is 140 g/mol. The fourth-order valence-corrected chi connectivity index (χ4v) is 0.929. The summed E-state index contributed by atoms with van der Waals surface area (Å²) in [4.78, 5) is 0. The molecule has 0 atom stereocenters. The van der Waals surface area contributed by atoms with Gasteiger partial charge in [-0.2, -0.15) is 0 Å². The summed E-state index contributed by atoms with van der Waals surface area (Å²) in [5, 5.41) is 7.95. The first kappa shape index (κ1) is 8.20. The zero-order chi connectivity index (χ0) is 8.27. The van der Waals surface area contributed by atoms with Gasteiger partial charge in [-0.05, 0) is 19.9 Å². The van der Waals surface area contributed by atoms with Gasteiger partial charge in [-0.25, -0.2) is 0 Å². The zero-order valence-electron chi connectivity index (χ0n) is 7.04. The van der Waals surface area contributed by atoms with Crippen LogP contribution in [0.2, 0.25) is 0 Å². The first-order chi connectivity index (χ1) is 5.25. The van der Waals surface area contributed by atoms with Crippen LogP contribution in [-0.2, 0) is 13.5 Å². The average Bonchev–Trinajstić information content (AvgIpc) is 2.31. The smallest absolute Gasteiger partial charge is 0.132 e. The quantitative estimate of drug-likeness (QED) is 0.667. The third-order valence-corrected chi connectivity index (χ3v) is 1.79. The molecular formula is C7H14N4. The van der Waals surface area contributed by atoms with E-state index in [0.29, 0.717) is 6.54 Å². The summed E-state index contributed by atoms with van der Waals surface area (Å²) in [7, 11) is 1.97. The molecule has 1 aromatic rings. The maximum atomic E-state index is 5.38. The van der Waals surface area contributed by atoms with Crippen LogP contribution in [0.3, 0.4) is 0 Å².